The van der Waals surface area contributed by atoms with Gasteiger partial charge in [-0.15, -0.1) is 0 Å². The number of ether oxygens (including phenoxy) is 1. The van der Waals surface area contributed by atoms with Crippen LogP contribution in [0.25, 0.3) is 0 Å². The average molecular weight is 310 g/mol. The first-order chi connectivity index (χ1) is 11.1. The zero-order valence-electron chi connectivity index (χ0n) is 13.1. The van der Waals surface area contributed by atoms with E-state index < -0.39 is 6.10 Å². The van der Waals surface area contributed by atoms with Crippen LogP contribution in [0.2, 0.25) is 0 Å². The van der Waals surface area contributed by atoms with E-state index in [4.69, 9.17) is 4.74 Å². The Morgan fingerprint density at radius 2 is 2.04 bits per heavy atom. The number of anilines is 2. The number of hydrogen-bond donors (Lipinski definition) is 2. The fraction of sp³-hybridized carbons (Fsp3) is 0.222. The van der Waals surface area contributed by atoms with Gasteiger partial charge in [-0.1, -0.05) is 25.1 Å². The highest BCUT2D eigenvalue weighted by molar-refractivity contribution is 6.06. The van der Waals surface area contributed by atoms with Crippen LogP contribution in [0.4, 0.5) is 11.4 Å². The second kappa shape index (κ2) is 6.12. The second-order valence-corrected chi connectivity index (χ2v) is 5.43. The average Bonchev–Trinajstić information content (AvgIpc) is 2.56. The standard InChI is InChI=1S/C18H18N2O3/c1-3-12-6-4-5-7-14(12)19-18(22)13-8-9-15-16(10-13)23-11(2)17(21)20-15/h4-11H,3H2,1-2H3,(H,19,22)(H,20,21). The molecule has 0 bridgehead atoms. The Bertz CT molecular complexity index is 771. The molecule has 5 heteroatoms. The minimum Gasteiger partial charge on any atom is -0.479 e. The fourth-order valence-corrected chi connectivity index (χ4v) is 2.49. The molecule has 2 N–H and O–H groups in total. The molecule has 0 saturated carbocycles. The summed E-state index contributed by atoms with van der Waals surface area (Å²) in [7, 11) is 0. The number of hydrogen-bond acceptors (Lipinski definition) is 3. The van der Waals surface area contributed by atoms with E-state index >= 15 is 0 Å². The number of rotatable bonds is 3. The Balaban J connectivity index is 1.83. The molecule has 1 aliphatic rings. The predicted octanol–water partition coefficient (Wildman–Crippen LogP) is 3.22. The third kappa shape index (κ3) is 3.04. The molecule has 2 aromatic carbocycles. The third-order valence-electron chi connectivity index (χ3n) is 3.82. The summed E-state index contributed by atoms with van der Waals surface area (Å²) in [6.45, 7) is 3.71. The lowest BCUT2D eigenvalue weighted by Crippen LogP contribution is -2.34. The van der Waals surface area contributed by atoms with E-state index in [0.717, 1.165) is 17.7 Å². The van der Waals surface area contributed by atoms with Crippen LogP contribution in [0.3, 0.4) is 0 Å². The van der Waals surface area contributed by atoms with Crippen LogP contribution in [0, 0.1) is 0 Å². The lowest BCUT2D eigenvalue weighted by Gasteiger charge is -2.23. The first kappa shape index (κ1) is 15.1. The van der Waals surface area contributed by atoms with Crippen molar-refractivity contribution in [1.82, 2.24) is 0 Å². The highest BCUT2D eigenvalue weighted by Gasteiger charge is 2.24. The lowest BCUT2D eigenvalue weighted by molar-refractivity contribution is -0.122. The summed E-state index contributed by atoms with van der Waals surface area (Å²) in [5, 5.41) is 5.67. The number of benzene rings is 2. The summed E-state index contributed by atoms with van der Waals surface area (Å²) in [4.78, 5) is 24.0. The molecule has 23 heavy (non-hydrogen) atoms. The van der Waals surface area contributed by atoms with Crippen LogP contribution in [0.1, 0.15) is 29.8 Å². The molecule has 1 heterocycles. The Morgan fingerprint density at radius 3 is 2.83 bits per heavy atom. The van der Waals surface area contributed by atoms with Crippen molar-refractivity contribution in [2.45, 2.75) is 26.4 Å². The number of nitrogens with one attached hydrogen (secondary N) is 2. The normalized spacial score (nSPS) is 16.1. The van der Waals surface area contributed by atoms with Crippen LogP contribution in [-0.4, -0.2) is 17.9 Å². The summed E-state index contributed by atoms with van der Waals surface area (Å²) in [6.07, 6.45) is 0.273. The molecule has 1 aliphatic heterocycles. The van der Waals surface area contributed by atoms with E-state index in [1.165, 1.54) is 0 Å². The van der Waals surface area contributed by atoms with Gasteiger partial charge in [0, 0.05) is 11.3 Å². The SMILES string of the molecule is CCc1ccccc1NC(=O)c1ccc2c(c1)OC(C)C(=O)N2. The highest BCUT2D eigenvalue weighted by Crippen LogP contribution is 2.30. The summed E-state index contributed by atoms with van der Waals surface area (Å²) in [6, 6.07) is 12.7. The number of carbonyl (C=O) groups is 2. The quantitative estimate of drug-likeness (QED) is 0.914. The molecule has 0 aromatic heterocycles. The van der Waals surface area contributed by atoms with E-state index in [0.29, 0.717) is 17.0 Å². The minimum atomic E-state index is -0.568. The van der Waals surface area contributed by atoms with Gasteiger partial charge in [-0.3, -0.25) is 9.59 Å². The first-order valence-corrected chi connectivity index (χ1v) is 7.59. The van der Waals surface area contributed by atoms with Crippen molar-refractivity contribution in [1.29, 1.82) is 0 Å². The Kier molecular flexibility index (Phi) is 4.02. The van der Waals surface area contributed by atoms with Gasteiger partial charge in [0.05, 0.1) is 5.69 Å². The van der Waals surface area contributed by atoms with Gasteiger partial charge in [0.25, 0.3) is 11.8 Å². The van der Waals surface area contributed by atoms with Crippen LogP contribution in [0.5, 0.6) is 5.75 Å². The Morgan fingerprint density at radius 1 is 1.26 bits per heavy atom. The fourth-order valence-electron chi connectivity index (χ4n) is 2.49. The summed E-state index contributed by atoms with van der Waals surface area (Å²) in [5.74, 6) is 0.113. The number of fused-ring (bicyclic) bond motifs is 1. The Labute approximate surface area is 134 Å². The molecule has 1 atom stereocenters. The van der Waals surface area contributed by atoms with E-state index in [1.807, 2.05) is 31.2 Å². The molecular weight excluding hydrogens is 292 g/mol. The maximum Gasteiger partial charge on any atom is 0.265 e. The van der Waals surface area contributed by atoms with Crippen LogP contribution >= 0.6 is 0 Å². The smallest absolute Gasteiger partial charge is 0.265 e. The van der Waals surface area contributed by atoms with Gasteiger partial charge in [0.1, 0.15) is 5.75 Å². The molecule has 0 saturated heterocycles. The van der Waals surface area contributed by atoms with Gasteiger partial charge >= 0.3 is 0 Å². The molecule has 118 valence electrons. The first-order valence-electron chi connectivity index (χ1n) is 7.59. The number of para-hydroxylation sites is 1. The second-order valence-electron chi connectivity index (χ2n) is 5.43. The monoisotopic (exact) mass is 310 g/mol. The van der Waals surface area contributed by atoms with Crippen LogP contribution < -0.4 is 15.4 Å². The van der Waals surface area contributed by atoms with Crippen molar-refractivity contribution < 1.29 is 14.3 Å². The van der Waals surface area contributed by atoms with Gasteiger partial charge in [-0.25, -0.2) is 0 Å². The number of aryl methyl sites for hydroxylation is 1. The molecule has 5 nitrogen and oxygen atoms in total. The summed E-state index contributed by atoms with van der Waals surface area (Å²) >= 11 is 0. The lowest BCUT2D eigenvalue weighted by atomic mass is 10.1. The van der Waals surface area contributed by atoms with Gasteiger partial charge < -0.3 is 15.4 Å². The number of carbonyl (C=O) groups excluding carboxylic acids is 2. The molecule has 3 rings (SSSR count). The van der Waals surface area contributed by atoms with Crippen molar-refractivity contribution in [3.05, 3.63) is 53.6 Å². The highest BCUT2D eigenvalue weighted by atomic mass is 16.5. The third-order valence-corrected chi connectivity index (χ3v) is 3.82. The molecule has 2 aromatic rings. The molecule has 1 unspecified atom stereocenters. The summed E-state index contributed by atoms with van der Waals surface area (Å²) < 4.78 is 5.54. The molecule has 2 amide bonds. The van der Waals surface area contributed by atoms with Gasteiger partial charge in [-0.2, -0.15) is 0 Å². The van der Waals surface area contributed by atoms with Gasteiger partial charge in [-0.05, 0) is 43.2 Å². The van der Waals surface area contributed by atoms with Crippen molar-refractivity contribution in [3.63, 3.8) is 0 Å². The van der Waals surface area contributed by atoms with Crippen LogP contribution in [-0.2, 0) is 11.2 Å². The topological polar surface area (TPSA) is 67.4 Å². The maximum atomic E-state index is 12.5. The largest absolute Gasteiger partial charge is 0.479 e. The van der Waals surface area contributed by atoms with Crippen molar-refractivity contribution in [3.8, 4) is 5.75 Å². The van der Waals surface area contributed by atoms with E-state index in [-0.39, 0.29) is 11.8 Å². The van der Waals surface area contributed by atoms with Crippen LogP contribution in [0.15, 0.2) is 42.5 Å². The molecule has 0 aliphatic carbocycles. The predicted molar refractivity (Wildman–Crippen MR) is 88.9 cm³/mol. The Hall–Kier alpha value is -2.82. The number of amides is 2. The zero-order chi connectivity index (χ0) is 16.4. The molecule has 0 radical (unpaired) electrons. The molecule has 0 fully saturated rings. The van der Waals surface area contributed by atoms with E-state index in [1.54, 1.807) is 25.1 Å². The van der Waals surface area contributed by atoms with E-state index in [2.05, 4.69) is 10.6 Å². The van der Waals surface area contributed by atoms with Crippen molar-refractivity contribution >= 4 is 23.2 Å². The van der Waals surface area contributed by atoms with Gasteiger partial charge in [0.2, 0.25) is 0 Å². The van der Waals surface area contributed by atoms with E-state index in [9.17, 15) is 9.59 Å². The van der Waals surface area contributed by atoms with Crippen molar-refractivity contribution in [2.24, 2.45) is 0 Å². The van der Waals surface area contributed by atoms with Crippen molar-refractivity contribution in [2.75, 3.05) is 10.6 Å². The maximum absolute atomic E-state index is 12.5. The minimum absolute atomic E-state index is 0.188. The molecule has 0 spiro atoms. The molecular formula is C18H18N2O3. The summed E-state index contributed by atoms with van der Waals surface area (Å²) in [5.41, 5.74) is 2.95. The zero-order valence-corrected chi connectivity index (χ0v) is 13.1. The van der Waals surface area contributed by atoms with Gasteiger partial charge in [0.15, 0.2) is 6.10 Å².